The number of H-pyrrole nitrogens is 1. The van der Waals surface area contributed by atoms with Crippen LogP contribution in [0.25, 0.3) is 0 Å². The number of thioether (sulfide) groups is 1. The maximum absolute atomic E-state index is 13.8. The first kappa shape index (κ1) is 23.7. The molecule has 3 heterocycles. The Kier molecular flexibility index (Phi) is 5.35. The van der Waals surface area contributed by atoms with Gasteiger partial charge in [0.2, 0.25) is 11.8 Å². The highest BCUT2D eigenvalue weighted by molar-refractivity contribution is 8.00. The first-order valence-corrected chi connectivity index (χ1v) is 14.4. The van der Waals surface area contributed by atoms with E-state index in [0.29, 0.717) is 11.3 Å². The zero-order valence-electron chi connectivity index (χ0n) is 20.3. The van der Waals surface area contributed by atoms with Gasteiger partial charge in [-0.05, 0) is 73.1 Å². The summed E-state index contributed by atoms with van der Waals surface area (Å²) in [4.78, 5) is 57.2. The van der Waals surface area contributed by atoms with Crippen LogP contribution in [-0.4, -0.2) is 39.7 Å². The van der Waals surface area contributed by atoms with Crippen LogP contribution in [0.4, 0.5) is 5.69 Å². The first-order valence-electron chi connectivity index (χ1n) is 12.7. The van der Waals surface area contributed by atoms with Gasteiger partial charge in [0.15, 0.2) is 0 Å². The van der Waals surface area contributed by atoms with Crippen molar-refractivity contribution in [3.8, 4) is 5.75 Å². The van der Waals surface area contributed by atoms with Crippen LogP contribution >= 0.6 is 23.1 Å². The number of hydrogen-bond donors (Lipinski definition) is 2. The third-order valence-electron chi connectivity index (χ3n) is 8.61. The summed E-state index contributed by atoms with van der Waals surface area (Å²) in [7, 11) is 0. The number of amides is 2. The number of thiazole rings is 1. The molecule has 2 bridgehead atoms. The van der Waals surface area contributed by atoms with Gasteiger partial charge in [-0.3, -0.25) is 19.3 Å². The minimum atomic E-state index is -0.445. The molecular formula is C28H24N2O6S2. The summed E-state index contributed by atoms with van der Waals surface area (Å²) in [5.41, 5.74) is 1.84. The summed E-state index contributed by atoms with van der Waals surface area (Å²) in [6.45, 7) is 2.00. The summed E-state index contributed by atoms with van der Waals surface area (Å²) in [6.07, 6.45) is 0.804. The monoisotopic (exact) mass is 548 g/mol. The zero-order valence-corrected chi connectivity index (χ0v) is 22.0. The molecule has 2 aliphatic heterocycles. The van der Waals surface area contributed by atoms with Crippen molar-refractivity contribution in [1.82, 2.24) is 4.98 Å². The van der Waals surface area contributed by atoms with Gasteiger partial charge >= 0.3 is 10.8 Å². The predicted octanol–water partition coefficient (Wildman–Crippen LogP) is 4.00. The highest BCUT2D eigenvalue weighted by Crippen LogP contribution is 2.68. The molecule has 10 heteroatoms. The fourth-order valence-electron chi connectivity index (χ4n) is 7.29. The quantitative estimate of drug-likeness (QED) is 0.374. The third kappa shape index (κ3) is 3.29. The van der Waals surface area contributed by atoms with Crippen LogP contribution < -0.4 is 9.77 Å². The van der Waals surface area contributed by atoms with Crippen LogP contribution in [0.1, 0.15) is 40.1 Å². The Labute approximate surface area is 226 Å². The SMILES string of the molecule is CCOC(=O)c1ccc(N2C(=O)C3C(C2=O)[C@@H]2C[C@H]3C3Sc4[nH]c(=O)sc4C(c4ccc(O)cc4)C32)cc1. The van der Waals surface area contributed by atoms with E-state index < -0.39 is 17.8 Å². The second kappa shape index (κ2) is 8.57. The van der Waals surface area contributed by atoms with Crippen molar-refractivity contribution in [3.63, 3.8) is 0 Å². The summed E-state index contributed by atoms with van der Waals surface area (Å²) in [5.74, 6) is -1.39. The minimum absolute atomic E-state index is 0.00640. The molecule has 1 saturated heterocycles. The lowest BCUT2D eigenvalue weighted by atomic mass is 9.68. The van der Waals surface area contributed by atoms with Crippen molar-refractivity contribution in [2.45, 2.75) is 29.5 Å². The summed E-state index contributed by atoms with van der Waals surface area (Å²) < 4.78 is 5.04. The van der Waals surface area contributed by atoms with E-state index in [-0.39, 0.29) is 58.0 Å². The Bertz CT molecular complexity index is 1530. The highest BCUT2D eigenvalue weighted by Gasteiger charge is 2.69. The number of aromatic hydroxyl groups is 1. The second-order valence-corrected chi connectivity index (χ2v) is 12.5. The Morgan fingerprint density at radius 2 is 1.71 bits per heavy atom. The first-order chi connectivity index (χ1) is 18.4. The number of esters is 1. The number of imide groups is 1. The number of carbonyl (C=O) groups excluding carboxylic acids is 3. The summed E-state index contributed by atoms with van der Waals surface area (Å²) in [5, 5.41) is 10.8. The molecule has 3 fully saturated rings. The van der Waals surface area contributed by atoms with Crippen molar-refractivity contribution >= 4 is 46.6 Å². The fourth-order valence-corrected chi connectivity index (χ4v) is 10.2. The predicted molar refractivity (Wildman–Crippen MR) is 141 cm³/mol. The van der Waals surface area contributed by atoms with E-state index in [9.17, 15) is 24.3 Å². The number of benzene rings is 2. The van der Waals surface area contributed by atoms with Gasteiger partial charge in [-0.2, -0.15) is 0 Å². The van der Waals surface area contributed by atoms with Gasteiger partial charge in [0.05, 0.1) is 34.7 Å². The lowest BCUT2D eigenvalue weighted by Gasteiger charge is -2.43. The minimum Gasteiger partial charge on any atom is -0.508 e. The van der Waals surface area contributed by atoms with Crippen molar-refractivity contribution in [1.29, 1.82) is 0 Å². The van der Waals surface area contributed by atoms with E-state index in [4.69, 9.17) is 4.74 Å². The summed E-state index contributed by atoms with van der Waals surface area (Å²) in [6, 6.07) is 13.5. The van der Waals surface area contributed by atoms with E-state index in [2.05, 4.69) is 4.98 Å². The standard InChI is InChI=1S/C28H24N2O6S2/c1-2-36-27(34)13-3-7-14(8-4-13)30-25(32)20-16-11-17(21(20)26(30)33)22-19(16)18(12-5-9-15(31)10-6-12)23-24(37-22)29-28(35)38-23/h3-10,16-22,31H,2,11H2,1H3,(H,29,35)/t16-,17-,18?,19?,20?,21?,22?/m1/s1. The number of aromatic nitrogens is 1. The summed E-state index contributed by atoms with van der Waals surface area (Å²) >= 11 is 2.85. The average molecular weight is 549 g/mol. The van der Waals surface area contributed by atoms with E-state index in [1.54, 1.807) is 55.1 Å². The molecular weight excluding hydrogens is 524 g/mol. The van der Waals surface area contributed by atoms with Crippen molar-refractivity contribution in [2.24, 2.45) is 29.6 Å². The molecule has 7 rings (SSSR count). The fraction of sp³-hybridized carbons (Fsp3) is 0.357. The molecule has 2 aliphatic carbocycles. The van der Waals surface area contributed by atoms with E-state index >= 15 is 0 Å². The normalized spacial score (nSPS) is 30.8. The van der Waals surface area contributed by atoms with Crippen molar-refractivity contribution in [2.75, 3.05) is 11.5 Å². The van der Waals surface area contributed by atoms with E-state index in [0.717, 1.165) is 21.9 Å². The zero-order chi connectivity index (χ0) is 26.3. The lowest BCUT2D eigenvalue weighted by molar-refractivity contribution is -0.123. The Hall–Kier alpha value is -3.37. The number of phenols is 1. The van der Waals surface area contributed by atoms with Gasteiger partial charge in [-0.25, -0.2) is 4.79 Å². The number of aromatic amines is 1. The molecule has 38 heavy (non-hydrogen) atoms. The second-order valence-electron chi connectivity index (χ2n) is 10.3. The average Bonchev–Trinajstić information content (AvgIpc) is 3.64. The van der Waals surface area contributed by atoms with E-state index in [1.165, 1.54) is 16.2 Å². The maximum atomic E-state index is 13.8. The van der Waals surface area contributed by atoms with Gasteiger partial charge < -0.3 is 14.8 Å². The molecule has 1 aromatic heterocycles. The highest BCUT2D eigenvalue weighted by atomic mass is 32.2. The smallest absolute Gasteiger partial charge is 0.338 e. The molecule has 7 atom stereocenters. The van der Waals surface area contributed by atoms with Gasteiger partial charge in [0.1, 0.15) is 5.75 Å². The molecule has 8 nitrogen and oxygen atoms in total. The number of fused-ring (bicyclic) bond motifs is 9. The molecule has 0 spiro atoms. The maximum Gasteiger partial charge on any atom is 0.338 e. The molecule has 0 radical (unpaired) electrons. The van der Waals surface area contributed by atoms with E-state index in [1.807, 2.05) is 12.1 Å². The third-order valence-corrected chi connectivity index (χ3v) is 11.2. The molecule has 2 aromatic carbocycles. The number of nitrogens with zero attached hydrogens (tertiary/aromatic N) is 1. The molecule has 2 amide bonds. The number of carbonyl (C=O) groups is 3. The van der Waals surface area contributed by atoms with Crippen LogP contribution in [0, 0.1) is 29.6 Å². The van der Waals surface area contributed by atoms with Crippen LogP contribution in [0.3, 0.4) is 0 Å². The van der Waals surface area contributed by atoms with Gasteiger partial charge in [0, 0.05) is 16.0 Å². The Morgan fingerprint density at radius 1 is 1.03 bits per heavy atom. The number of rotatable bonds is 4. The van der Waals surface area contributed by atoms with Crippen LogP contribution in [0.2, 0.25) is 0 Å². The van der Waals surface area contributed by atoms with Gasteiger partial charge in [-0.15, -0.1) is 11.8 Å². The number of hydrogen-bond acceptors (Lipinski definition) is 8. The van der Waals surface area contributed by atoms with Gasteiger partial charge in [0.25, 0.3) is 0 Å². The molecule has 3 aromatic rings. The van der Waals surface area contributed by atoms with Crippen LogP contribution in [0.15, 0.2) is 58.4 Å². The van der Waals surface area contributed by atoms with Crippen LogP contribution in [-0.2, 0) is 14.3 Å². The lowest BCUT2D eigenvalue weighted by Crippen LogP contribution is -2.42. The molecule has 5 unspecified atom stereocenters. The number of nitrogens with one attached hydrogen (secondary N) is 1. The number of ether oxygens (including phenoxy) is 1. The van der Waals surface area contributed by atoms with Crippen molar-refractivity contribution < 1.29 is 24.2 Å². The Morgan fingerprint density at radius 3 is 2.39 bits per heavy atom. The van der Waals surface area contributed by atoms with Gasteiger partial charge in [-0.1, -0.05) is 23.5 Å². The van der Waals surface area contributed by atoms with Crippen LogP contribution in [0.5, 0.6) is 5.75 Å². The largest absolute Gasteiger partial charge is 0.508 e. The topological polar surface area (TPSA) is 117 Å². The molecule has 4 aliphatic rings. The molecule has 2 N–H and O–H groups in total. The molecule has 2 saturated carbocycles. The molecule has 194 valence electrons. The number of phenolic OH excluding ortho intramolecular Hbond substituents is 1. The van der Waals surface area contributed by atoms with Crippen molar-refractivity contribution in [3.05, 3.63) is 74.2 Å². The number of anilines is 1. The Balaban J connectivity index is 1.25.